The lowest BCUT2D eigenvalue weighted by atomic mass is 10.1. The van der Waals surface area contributed by atoms with Crippen molar-refractivity contribution in [2.45, 2.75) is 6.61 Å². The number of carbonyl (C=O) groups is 3. The Kier molecular flexibility index (Phi) is 5.55. The van der Waals surface area contributed by atoms with E-state index in [1.165, 1.54) is 12.1 Å². The van der Waals surface area contributed by atoms with Gasteiger partial charge in [0.25, 0.3) is 11.8 Å². The number of rotatable bonds is 4. The predicted octanol–water partition coefficient (Wildman–Crippen LogP) is 3.03. The van der Waals surface area contributed by atoms with Crippen LogP contribution in [0.15, 0.2) is 66.9 Å². The molecule has 0 saturated heterocycles. The summed E-state index contributed by atoms with van der Waals surface area (Å²) >= 11 is 0. The van der Waals surface area contributed by atoms with Gasteiger partial charge in [0.05, 0.1) is 23.6 Å². The number of hydrogen-bond donors (Lipinski definition) is 4. The minimum absolute atomic E-state index is 0.129. The summed E-state index contributed by atoms with van der Waals surface area (Å²) in [4.78, 5) is 40.9. The Labute approximate surface area is 177 Å². The molecule has 4 N–H and O–H groups in total. The van der Waals surface area contributed by atoms with E-state index in [-0.39, 0.29) is 18.1 Å². The maximum Gasteiger partial charge on any atom is 0.326 e. The van der Waals surface area contributed by atoms with Crippen LogP contribution in [0.25, 0.3) is 11.6 Å². The molecular weight excluding hydrogens is 396 g/mol. The Morgan fingerprint density at radius 1 is 1.06 bits per heavy atom. The smallest absolute Gasteiger partial charge is 0.326 e. The highest BCUT2D eigenvalue weighted by molar-refractivity contribution is 6.35. The van der Waals surface area contributed by atoms with Crippen molar-refractivity contribution in [3.05, 3.63) is 89.2 Å². The molecule has 2 heterocycles. The Bertz CT molecular complexity index is 1190. The lowest BCUT2D eigenvalue weighted by molar-refractivity contribution is -0.110. The standard InChI is InChI=1S/C23H18N4O4/c28-13-14-4-6-15(7-5-14)21(29)27-23(31)25-17-8-9-18-19(22(30)26-20(18)12-17)11-16-3-1-2-10-24-16/h1-12,28H,13H2,(H,26,30)(H2,25,27,29,31)/b19-11-. The number of urea groups is 1. The van der Waals surface area contributed by atoms with Crippen LogP contribution in [0.4, 0.5) is 16.2 Å². The highest BCUT2D eigenvalue weighted by Gasteiger charge is 2.24. The molecule has 1 aromatic heterocycles. The topological polar surface area (TPSA) is 120 Å². The van der Waals surface area contributed by atoms with Gasteiger partial charge in [-0.25, -0.2) is 4.79 Å². The Hall–Kier alpha value is -4.30. The van der Waals surface area contributed by atoms with Crippen molar-refractivity contribution < 1.29 is 19.5 Å². The van der Waals surface area contributed by atoms with Crippen LogP contribution in [0, 0.1) is 0 Å². The molecule has 0 unspecified atom stereocenters. The lowest BCUT2D eigenvalue weighted by Crippen LogP contribution is -2.34. The van der Waals surface area contributed by atoms with Gasteiger partial charge in [-0.15, -0.1) is 0 Å². The van der Waals surface area contributed by atoms with E-state index in [1.54, 1.807) is 54.7 Å². The van der Waals surface area contributed by atoms with Crippen molar-refractivity contribution in [2.75, 3.05) is 10.6 Å². The molecule has 0 bridgehead atoms. The minimum Gasteiger partial charge on any atom is -0.392 e. The first-order valence-corrected chi connectivity index (χ1v) is 9.44. The van der Waals surface area contributed by atoms with Crippen LogP contribution in [0.5, 0.6) is 0 Å². The van der Waals surface area contributed by atoms with Gasteiger partial charge < -0.3 is 15.7 Å². The summed E-state index contributed by atoms with van der Waals surface area (Å²) in [6, 6.07) is 16.0. The molecule has 0 radical (unpaired) electrons. The van der Waals surface area contributed by atoms with Crippen molar-refractivity contribution in [3.63, 3.8) is 0 Å². The molecule has 8 nitrogen and oxygen atoms in total. The molecule has 1 aliphatic rings. The molecule has 0 aliphatic carbocycles. The number of nitrogens with zero attached hydrogens (tertiary/aromatic N) is 1. The van der Waals surface area contributed by atoms with Gasteiger partial charge in [-0.2, -0.15) is 0 Å². The average molecular weight is 414 g/mol. The molecule has 4 amide bonds. The van der Waals surface area contributed by atoms with E-state index in [1.807, 2.05) is 6.07 Å². The van der Waals surface area contributed by atoms with Crippen molar-refractivity contribution in [1.82, 2.24) is 10.3 Å². The van der Waals surface area contributed by atoms with Gasteiger partial charge in [0.1, 0.15) is 0 Å². The van der Waals surface area contributed by atoms with Crippen molar-refractivity contribution in [2.24, 2.45) is 0 Å². The molecule has 154 valence electrons. The fourth-order valence-corrected chi connectivity index (χ4v) is 3.12. The van der Waals surface area contributed by atoms with Gasteiger partial charge in [-0.05, 0) is 48.0 Å². The molecule has 1 aliphatic heterocycles. The van der Waals surface area contributed by atoms with Crippen LogP contribution in [-0.4, -0.2) is 27.9 Å². The van der Waals surface area contributed by atoms with E-state index in [0.29, 0.717) is 33.8 Å². The first kappa shape index (κ1) is 20.0. The lowest BCUT2D eigenvalue weighted by Gasteiger charge is -2.08. The van der Waals surface area contributed by atoms with Gasteiger partial charge in [0, 0.05) is 23.0 Å². The summed E-state index contributed by atoms with van der Waals surface area (Å²) in [5.74, 6) is -0.833. The summed E-state index contributed by atoms with van der Waals surface area (Å²) in [7, 11) is 0. The second-order valence-corrected chi connectivity index (χ2v) is 6.79. The maximum absolute atomic E-state index is 12.3. The summed E-state index contributed by atoms with van der Waals surface area (Å²) in [6.45, 7) is -0.129. The number of nitrogens with one attached hydrogen (secondary N) is 3. The summed E-state index contributed by atoms with van der Waals surface area (Å²) in [5.41, 5.74) is 3.76. The van der Waals surface area contributed by atoms with Crippen molar-refractivity contribution in [1.29, 1.82) is 0 Å². The number of hydrogen-bond acceptors (Lipinski definition) is 5. The highest BCUT2D eigenvalue weighted by atomic mass is 16.3. The first-order valence-electron chi connectivity index (χ1n) is 9.44. The van der Waals surface area contributed by atoms with Gasteiger partial charge in [-0.3, -0.25) is 19.9 Å². The summed E-state index contributed by atoms with van der Waals surface area (Å²) < 4.78 is 0. The van der Waals surface area contributed by atoms with Crippen LogP contribution in [0.2, 0.25) is 0 Å². The van der Waals surface area contributed by atoms with E-state index < -0.39 is 11.9 Å². The van der Waals surface area contributed by atoms with Crippen LogP contribution in [0.3, 0.4) is 0 Å². The highest BCUT2D eigenvalue weighted by Crippen LogP contribution is 2.34. The number of imide groups is 1. The van der Waals surface area contributed by atoms with Crippen molar-refractivity contribution in [3.8, 4) is 0 Å². The average Bonchev–Trinajstić information content (AvgIpc) is 3.08. The molecule has 0 spiro atoms. The Morgan fingerprint density at radius 3 is 2.58 bits per heavy atom. The third-order valence-electron chi connectivity index (χ3n) is 4.67. The molecule has 8 heteroatoms. The molecule has 3 aromatic rings. The van der Waals surface area contributed by atoms with E-state index >= 15 is 0 Å². The zero-order valence-electron chi connectivity index (χ0n) is 16.3. The fraction of sp³-hybridized carbons (Fsp3) is 0.0435. The van der Waals surface area contributed by atoms with E-state index in [9.17, 15) is 14.4 Å². The van der Waals surface area contributed by atoms with E-state index in [4.69, 9.17) is 5.11 Å². The molecular formula is C23H18N4O4. The largest absolute Gasteiger partial charge is 0.392 e. The van der Waals surface area contributed by atoms with E-state index in [0.717, 1.165) is 0 Å². The zero-order chi connectivity index (χ0) is 21.8. The number of aliphatic hydroxyl groups is 1. The first-order chi connectivity index (χ1) is 15.0. The molecule has 0 saturated carbocycles. The van der Waals surface area contributed by atoms with Crippen LogP contribution < -0.4 is 16.0 Å². The number of aliphatic hydroxyl groups excluding tert-OH is 1. The Balaban J connectivity index is 1.45. The van der Waals surface area contributed by atoms with Crippen molar-refractivity contribution >= 4 is 40.9 Å². The minimum atomic E-state index is -0.704. The molecule has 4 rings (SSSR count). The van der Waals surface area contributed by atoms with Crippen LogP contribution >= 0.6 is 0 Å². The summed E-state index contributed by atoms with van der Waals surface area (Å²) in [5, 5.41) is 16.6. The number of aromatic nitrogens is 1. The van der Waals surface area contributed by atoms with E-state index in [2.05, 4.69) is 20.9 Å². The fourth-order valence-electron chi connectivity index (χ4n) is 3.12. The Morgan fingerprint density at radius 2 is 1.87 bits per heavy atom. The molecule has 0 atom stereocenters. The van der Waals surface area contributed by atoms with Gasteiger partial charge in [-0.1, -0.05) is 24.3 Å². The normalized spacial score (nSPS) is 13.5. The van der Waals surface area contributed by atoms with Crippen LogP contribution in [0.1, 0.15) is 27.2 Å². The second kappa shape index (κ2) is 8.60. The van der Waals surface area contributed by atoms with Gasteiger partial charge in [0.2, 0.25) is 0 Å². The third-order valence-corrected chi connectivity index (χ3v) is 4.67. The monoisotopic (exact) mass is 414 g/mol. The predicted molar refractivity (Wildman–Crippen MR) is 116 cm³/mol. The van der Waals surface area contributed by atoms with Gasteiger partial charge in [0.15, 0.2) is 0 Å². The number of benzene rings is 2. The number of fused-ring (bicyclic) bond motifs is 1. The third kappa shape index (κ3) is 4.49. The van der Waals surface area contributed by atoms with Gasteiger partial charge >= 0.3 is 6.03 Å². The maximum atomic E-state index is 12.3. The molecule has 2 aromatic carbocycles. The van der Waals surface area contributed by atoms with Crippen LogP contribution in [-0.2, 0) is 11.4 Å². The molecule has 0 fully saturated rings. The number of anilines is 2. The number of amides is 4. The quantitative estimate of drug-likeness (QED) is 0.489. The number of carbonyl (C=O) groups excluding carboxylic acids is 3. The molecule has 31 heavy (non-hydrogen) atoms. The second-order valence-electron chi connectivity index (χ2n) is 6.79. The summed E-state index contributed by atoms with van der Waals surface area (Å²) in [6.07, 6.45) is 3.34. The SMILES string of the molecule is O=C(NC(=O)c1ccc(CO)cc1)Nc1ccc2c(c1)NC(=O)/C2=C\c1ccccn1. The number of pyridine rings is 1. The zero-order valence-corrected chi connectivity index (χ0v) is 16.3.